The van der Waals surface area contributed by atoms with Crippen LogP contribution in [0.1, 0.15) is 22.6 Å². The number of benzene rings is 2. The first-order chi connectivity index (χ1) is 9.15. The number of hydrogen-bond donors (Lipinski definition) is 2. The van der Waals surface area contributed by atoms with Gasteiger partial charge in [0.2, 0.25) is 5.91 Å². The zero-order valence-corrected chi connectivity index (χ0v) is 10.8. The Morgan fingerprint density at radius 2 is 2.05 bits per heavy atom. The fourth-order valence-corrected chi connectivity index (χ4v) is 2.44. The minimum absolute atomic E-state index is 0.0290. The number of aryl methyl sites for hydroxylation is 1. The molecule has 19 heavy (non-hydrogen) atoms. The lowest BCUT2D eigenvalue weighted by atomic mass is 9.77. The molecule has 3 rings (SSSR count). The average Bonchev–Trinajstić information content (AvgIpc) is 2.35. The van der Waals surface area contributed by atoms with Gasteiger partial charge in [0.1, 0.15) is 0 Å². The molecule has 3 N–H and O–H groups in total. The molecule has 0 heterocycles. The van der Waals surface area contributed by atoms with Gasteiger partial charge in [-0.15, -0.1) is 0 Å². The Morgan fingerprint density at radius 1 is 1.26 bits per heavy atom. The predicted octanol–water partition coefficient (Wildman–Crippen LogP) is 2.86. The number of amides is 1. The number of nitrogens with two attached hydrogens (primary N) is 1. The Labute approximate surface area is 112 Å². The third-order valence-electron chi connectivity index (χ3n) is 3.72. The van der Waals surface area contributed by atoms with E-state index in [1.54, 1.807) is 6.07 Å². The Balaban J connectivity index is 1.75. The normalized spacial score (nSPS) is 16.4. The van der Waals surface area contributed by atoms with E-state index in [0.29, 0.717) is 5.69 Å². The van der Waals surface area contributed by atoms with E-state index in [2.05, 4.69) is 11.4 Å². The Kier molecular flexibility index (Phi) is 2.75. The van der Waals surface area contributed by atoms with Crippen molar-refractivity contribution < 1.29 is 4.79 Å². The summed E-state index contributed by atoms with van der Waals surface area (Å²) in [6.45, 7) is 1.95. The quantitative estimate of drug-likeness (QED) is 0.807. The van der Waals surface area contributed by atoms with Gasteiger partial charge in [-0.2, -0.15) is 0 Å². The van der Waals surface area contributed by atoms with E-state index in [-0.39, 0.29) is 11.8 Å². The molecule has 0 aliphatic heterocycles. The summed E-state index contributed by atoms with van der Waals surface area (Å²) in [6, 6.07) is 13.7. The third-order valence-corrected chi connectivity index (χ3v) is 3.72. The monoisotopic (exact) mass is 252 g/mol. The summed E-state index contributed by atoms with van der Waals surface area (Å²) in [5, 5.41) is 2.93. The molecule has 1 aliphatic carbocycles. The maximum absolute atomic E-state index is 12.2. The highest BCUT2D eigenvalue weighted by atomic mass is 16.1. The van der Waals surface area contributed by atoms with Gasteiger partial charge in [0.15, 0.2) is 0 Å². The van der Waals surface area contributed by atoms with Crippen molar-refractivity contribution in [2.24, 2.45) is 0 Å². The lowest BCUT2D eigenvalue weighted by Crippen LogP contribution is -2.30. The number of nitrogens with one attached hydrogen (secondary N) is 1. The van der Waals surface area contributed by atoms with Gasteiger partial charge in [-0.25, -0.2) is 0 Å². The fourth-order valence-electron chi connectivity index (χ4n) is 2.44. The van der Waals surface area contributed by atoms with Crippen molar-refractivity contribution in [1.82, 2.24) is 0 Å². The smallest absolute Gasteiger partial charge is 0.232 e. The molecule has 2 aromatic rings. The van der Waals surface area contributed by atoms with Crippen molar-refractivity contribution >= 4 is 17.3 Å². The number of anilines is 2. The van der Waals surface area contributed by atoms with Crippen LogP contribution in [-0.4, -0.2) is 5.91 Å². The molecular formula is C16H16N2O. The molecule has 0 aromatic heterocycles. The molecule has 0 spiro atoms. The maximum Gasteiger partial charge on any atom is 0.232 e. The lowest BCUT2D eigenvalue weighted by Gasteiger charge is -2.28. The topological polar surface area (TPSA) is 55.1 Å². The zero-order valence-electron chi connectivity index (χ0n) is 10.8. The van der Waals surface area contributed by atoms with Crippen molar-refractivity contribution in [3.05, 3.63) is 59.2 Å². The Morgan fingerprint density at radius 3 is 2.79 bits per heavy atom. The molecule has 3 nitrogen and oxygen atoms in total. The van der Waals surface area contributed by atoms with Gasteiger partial charge < -0.3 is 11.1 Å². The summed E-state index contributed by atoms with van der Waals surface area (Å²) in [6.07, 6.45) is 0.823. The van der Waals surface area contributed by atoms with Crippen molar-refractivity contribution in [2.75, 3.05) is 11.1 Å². The summed E-state index contributed by atoms with van der Waals surface area (Å²) < 4.78 is 0. The molecule has 1 unspecified atom stereocenters. The molecule has 0 saturated heterocycles. The highest BCUT2D eigenvalue weighted by Crippen LogP contribution is 2.35. The van der Waals surface area contributed by atoms with E-state index >= 15 is 0 Å². The molecule has 2 aromatic carbocycles. The van der Waals surface area contributed by atoms with E-state index in [4.69, 9.17) is 5.73 Å². The second kappa shape index (κ2) is 4.43. The molecule has 1 amide bonds. The number of carbonyl (C=O) groups is 1. The summed E-state index contributed by atoms with van der Waals surface area (Å²) in [7, 11) is 0. The van der Waals surface area contributed by atoms with Crippen molar-refractivity contribution in [2.45, 2.75) is 19.3 Å². The van der Waals surface area contributed by atoms with Gasteiger partial charge in [-0.05, 0) is 42.2 Å². The summed E-state index contributed by atoms with van der Waals surface area (Å²) in [5.74, 6) is 0.0145. The van der Waals surface area contributed by atoms with E-state index in [1.165, 1.54) is 5.56 Å². The molecule has 0 bridgehead atoms. The molecule has 1 atom stereocenters. The van der Waals surface area contributed by atoms with E-state index in [0.717, 1.165) is 23.2 Å². The van der Waals surface area contributed by atoms with Gasteiger partial charge in [-0.3, -0.25) is 4.79 Å². The standard InChI is InChI=1S/C16H16N2O/c1-10-6-7-12(9-15(10)17)18-16(19)14-8-11-4-2-3-5-13(11)14/h2-7,9,14H,8,17H2,1H3,(H,18,19). The highest BCUT2D eigenvalue weighted by molar-refractivity contribution is 5.98. The number of nitrogen functional groups attached to an aromatic ring is 1. The van der Waals surface area contributed by atoms with Crippen LogP contribution >= 0.6 is 0 Å². The molecular weight excluding hydrogens is 236 g/mol. The van der Waals surface area contributed by atoms with Crippen molar-refractivity contribution in [3.8, 4) is 0 Å². The average molecular weight is 252 g/mol. The van der Waals surface area contributed by atoms with Crippen LogP contribution in [0.4, 0.5) is 11.4 Å². The van der Waals surface area contributed by atoms with Crippen LogP contribution in [0.15, 0.2) is 42.5 Å². The zero-order chi connectivity index (χ0) is 13.4. The Hall–Kier alpha value is -2.29. The van der Waals surface area contributed by atoms with Crippen molar-refractivity contribution in [1.29, 1.82) is 0 Å². The minimum atomic E-state index is -0.0290. The second-order valence-corrected chi connectivity index (χ2v) is 5.02. The largest absolute Gasteiger partial charge is 0.398 e. The maximum atomic E-state index is 12.2. The third kappa shape index (κ3) is 2.08. The molecule has 3 heteroatoms. The molecule has 1 aliphatic rings. The highest BCUT2D eigenvalue weighted by Gasteiger charge is 2.31. The summed E-state index contributed by atoms with van der Waals surface area (Å²) in [5.41, 5.74) is 10.7. The predicted molar refractivity (Wildman–Crippen MR) is 77.1 cm³/mol. The molecule has 0 fully saturated rings. The Bertz CT molecular complexity index is 649. The van der Waals surface area contributed by atoms with Crippen LogP contribution in [0.5, 0.6) is 0 Å². The summed E-state index contributed by atoms with van der Waals surface area (Å²) >= 11 is 0. The van der Waals surface area contributed by atoms with E-state index < -0.39 is 0 Å². The first-order valence-electron chi connectivity index (χ1n) is 6.40. The number of fused-ring (bicyclic) bond motifs is 1. The lowest BCUT2D eigenvalue weighted by molar-refractivity contribution is -0.118. The first kappa shape index (κ1) is 11.8. The van der Waals surface area contributed by atoms with Gasteiger partial charge in [0.25, 0.3) is 0 Å². The van der Waals surface area contributed by atoms with Crippen LogP contribution in [-0.2, 0) is 11.2 Å². The number of rotatable bonds is 2. The van der Waals surface area contributed by atoms with Crippen LogP contribution in [0.3, 0.4) is 0 Å². The van der Waals surface area contributed by atoms with Gasteiger partial charge in [-0.1, -0.05) is 30.3 Å². The number of hydrogen-bond acceptors (Lipinski definition) is 2. The SMILES string of the molecule is Cc1ccc(NC(=O)C2Cc3ccccc32)cc1N. The van der Waals surface area contributed by atoms with Crippen LogP contribution in [0, 0.1) is 6.92 Å². The van der Waals surface area contributed by atoms with Crippen LogP contribution in [0.2, 0.25) is 0 Å². The second-order valence-electron chi connectivity index (χ2n) is 5.02. The molecule has 0 saturated carbocycles. The minimum Gasteiger partial charge on any atom is -0.398 e. The number of carbonyl (C=O) groups excluding carboxylic acids is 1. The molecule has 96 valence electrons. The first-order valence-corrected chi connectivity index (χ1v) is 6.40. The fraction of sp³-hybridized carbons (Fsp3) is 0.188. The van der Waals surface area contributed by atoms with Gasteiger partial charge in [0.05, 0.1) is 5.92 Å². The van der Waals surface area contributed by atoms with Gasteiger partial charge >= 0.3 is 0 Å². The van der Waals surface area contributed by atoms with Gasteiger partial charge in [0, 0.05) is 11.4 Å². The molecule has 0 radical (unpaired) electrons. The van der Waals surface area contributed by atoms with Crippen LogP contribution in [0.25, 0.3) is 0 Å². The van der Waals surface area contributed by atoms with E-state index in [1.807, 2.05) is 37.3 Å². The van der Waals surface area contributed by atoms with E-state index in [9.17, 15) is 4.79 Å². The van der Waals surface area contributed by atoms with Crippen molar-refractivity contribution in [3.63, 3.8) is 0 Å². The van der Waals surface area contributed by atoms with Crippen LogP contribution < -0.4 is 11.1 Å². The summed E-state index contributed by atoms with van der Waals surface area (Å²) in [4.78, 5) is 12.2.